The number of morpholine rings is 1. The number of carbonyl (C=O) groups is 6. The normalized spacial score (nSPS) is 17.9. The van der Waals surface area contributed by atoms with E-state index in [0.29, 0.717) is 87.5 Å². The molecule has 4 aromatic rings. The van der Waals surface area contributed by atoms with Gasteiger partial charge in [0.1, 0.15) is 37.5 Å². The van der Waals surface area contributed by atoms with E-state index in [1.165, 1.54) is 0 Å². The first-order valence-electron chi connectivity index (χ1n) is 25.8. The quantitative estimate of drug-likeness (QED) is 0.0265. The first-order chi connectivity index (χ1) is 34.3. The highest BCUT2D eigenvalue weighted by Gasteiger charge is 2.50. The maximum atomic E-state index is 14.7. The van der Waals surface area contributed by atoms with Crippen LogP contribution in [0.2, 0.25) is 0 Å². The summed E-state index contributed by atoms with van der Waals surface area (Å²) in [6, 6.07) is 21.7. The first-order valence-corrected chi connectivity index (χ1v) is 25.8. The molecule has 0 unspecified atom stereocenters. The second-order valence-corrected chi connectivity index (χ2v) is 21.4. The van der Waals surface area contributed by atoms with Crippen molar-refractivity contribution >= 4 is 35.1 Å². The zero-order valence-electron chi connectivity index (χ0n) is 43.7. The van der Waals surface area contributed by atoms with Gasteiger partial charge in [-0.15, -0.1) is 5.10 Å². The Labute approximate surface area is 425 Å². The average molecular weight is 990 g/mol. The van der Waals surface area contributed by atoms with Crippen molar-refractivity contribution in [3.8, 4) is 5.75 Å². The van der Waals surface area contributed by atoms with E-state index in [-0.39, 0.29) is 73.3 Å². The third kappa shape index (κ3) is 16.6. The van der Waals surface area contributed by atoms with Crippen LogP contribution in [0.4, 0.5) is 0 Å². The minimum atomic E-state index is -0.933. The molecule has 2 saturated heterocycles. The van der Waals surface area contributed by atoms with Crippen molar-refractivity contribution in [2.75, 3.05) is 39.5 Å². The van der Waals surface area contributed by atoms with Gasteiger partial charge in [0.25, 0.3) is 0 Å². The number of carbonyl (C=O) groups excluding carboxylic acids is 6. The summed E-state index contributed by atoms with van der Waals surface area (Å²) in [4.78, 5) is 84.5. The summed E-state index contributed by atoms with van der Waals surface area (Å²) in [5.74, 6) is -2.54. The third-order valence-corrected chi connectivity index (χ3v) is 13.9. The van der Waals surface area contributed by atoms with Crippen LogP contribution in [0, 0.1) is 37.5 Å². The van der Waals surface area contributed by atoms with Gasteiger partial charge in [-0.1, -0.05) is 93.6 Å². The van der Waals surface area contributed by atoms with Gasteiger partial charge in [-0.25, -0.2) is 0 Å². The molecule has 2 N–H and O–H groups in total. The van der Waals surface area contributed by atoms with Gasteiger partial charge in [-0.2, -0.15) is 0 Å². The van der Waals surface area contributed by atoms with Crippen molar-refractivity contribution in [1.82, 2.24) is 25.6 Å². The number of ether oxygens (including phenoxy) is 3. The van der Waals surface area contributed by atoms with Crippen LogP contribution in [-0.4, -0.2) is 112 Å². The van der Waals surface area contributed by atoms with Crippen molar-refractivity contribution in [2.45, 2.75) is 130 Å². The topological polar surface area (TPSA) is 188 Å². The second kappa shape index (κ2) is 25.7. The number of rotatable bonds is 28. The lowest BCUT2D eigenvalue weighted by molar-refractivity contribution is -0.940. The highest BCUT2D eigenvalue weighted by molar-refractivity contribution is 5.98. The fourth-order valence-corrected chi connectivity index (χ4v) is 9.90. The van der Waals surface area contributed by atoms with Gasteiger partial charge in [0, 0.05) is 49.9 Å². The molecule has 15 nitrogen and oxygen atoms in total. The molecule has 0 bridgehead atoms. The smallest absolute Gasteiger partial charge is 0.311 e. The molecule has 5 atom stereocenters. The Hall–Kier alpha value is -5.90. The number of amides is 2. The molecular formula is C57H77N6O9+. The number of esters is 1. The Kier molecular flexibility index (Phi) is 19.7. The molecule has 0 spiro atoms. The summed E-state index contributed by atoms with van der Waals surface area (Å²) in [5.41, 5.74) is 4.31. The zero-order chi connectivity index (χ0) is 52.0. The second-order valence-electron chi connectivity index (χ2n) is 21.4. The fraction of sp³-hybridized carbons (Fsp3) is 0.544. The molecule has 0 aliphatic carbocycles. The van der Waals surface area contributed by atoms with Crippen molar-refractivity contribution < 1.29 is 47.5 Å². The molecule has 2 fully saturated rings. The summed E-state index contributed by atoms with van der Waals surface area (Å²) < 4.78 is 19.2. The average Bonchev–Trinajstić information content (AvgIpc) is 3.95. The minimum Gasteiger partial charge on any atom is -0.426 e. The van der Waals surface area contributed by atoms with Crippen LogP contribution in [0.1, 0.15) is 107 Å². The number of benzene rings is 3. The maximum Gasteiger partial charge on any atom is 0.311 e. The highest BCUT2D eigenvalue weighted by Crippen LogP contribution is 2.31. The van der Waals surface area contributed by atoms with E-state index in [2.05, 4.69) is 20.9 Å². The molecule has 0 saturated carbocycles. The monoisotopic (exact) mass is 990 g/mol. The Bertz CT molecular complexity index is 2460. The van der Waals surface area contributed by atoms with Crippen molar-refractivity contribution in [2.24, 2.45) is 30.7 Å². The number of nitrogens with zero attached hydrogens (tertiary/aromatic N) is 4. The number of nitrogens with one attached hydrogen (secondary N) is 2. The SMILES string of the molecule is Cc1cc(C[N+]2(CC(=O)C[C@@H](CCc3ccccc3)C(=O)N[C@@H](CC(C)C)C(=O)C[C@@H](Cc3ccccc3)C(=O)N[C@@H](CC(C)C)C(=O)[C@@]3(C)CO3)CCOCC2)cc(C)c1OC(=O)CCc1cn(C)nn1. The van der Waals surface area contributed by atoms with Crippen LogP contribution < -0.4 is 15.4 Å². The number of Topliss-reactive ketones (excluding diaryl/α,β-unsaturated/α-hetero) is 3. The van der Waals surface area contributed by atoms with Crippen LogP contribution in [0.15, 0.2) is 79.0 Å². The molecule has 72 heavy (non-hydrogen) atoms. The maximum absolute atomic E-state index is 14.7. The Morgan fingerprint density at radius 1 is 0.778 bits per heavy atom. The molecular weight excluding hydrogens is 913 g/mol. The van der Waals surface area contributed by atoms with E-state index in [1.807, 2.05) is 114 Å². The number of aryl methyl sites for hydroxylation is 5. The number of hydrogen-bond acceptors (Lipinski definition) is 11. The summed E-state index contributed by atoms with van der Waals surface area (Å²) in [6.45, 7) is 16.7. The van der Waals surface area contributed by atoms with E-state index in [9.17, 15) is 28.8 Å². The molecule has 3 heterocycles. The van der Waals surface area contributed by atoms with Crippen LogP contribution in [0.5, 0.6) is 5.75 Å². The summed E-state index contributed by atoms with van der Waals surface area (Å²) in [7, 11) is 1.78. The molecule has 1 aromatic heterocycles. The molecule has 2 aliphatic rings. The molecule has 0 radical (unpaired) electrons. The predicted molar refractivity (Wildman–Crippen MR) is 274 cm³/mol. The van der Waals surface area contributed by atoms with Crippen LogP contribution >= 0.6 is 0 Å². The number of ketones is 3. The van der Waals surface area contributed by atoms with Crippen LogP contribution in [0.3, 0.4) is 0 Å². The summed E-state index contributed by atoms with van der Waals surface area (Å²) in [6.07, 6.45) is 4.15. The van der Waals surface area contributed by atoms with Gasteiger partial charge < -0.3 is 29.3 Å². The van der Waals surface area contributed by atoms with Crippen molar-refractivity contribution in [1.29, 1.82) is 0 Å². The lowest BCUT2D eigenvalue weighted by Crippen LogP contribution is -2.57. The van der Waals surface area contributed by atoms with E-state index in [1.54, 1.807) is 24.9 Å². The van der Waals surface area contributed by atoms with E-state index in [4.69, 9.17) is 14.2 Å². The zero-order valence-corrected chi connectivity index (χ0v) is 43.7. The largest absolute Gasteiger partial charge is 0.426 e. The number of epoxide rings is 1. The standard InChI is InChI=1S/C57H76N6O9/c1-38(2)27-49(51(65)33-46(31-43-17-13-10-14-18-43)56(69)59-50(28-39(3)4)54(67)57(7)37-71-57)58-55(68)45(20-19-42-15-11-9-12-16-42)32-48(64)36-63(23-25-70-26-24-63)35-44-29-40(5)53(41(6)30-44)72-52(66)22-21-47-34-62(8)61-60-47/h9-18,29-30,34,38-39,45-46,49-50H,19-28,31-33,35-37H2,1-8H3,(H-,58,59,68,69)/p+1/t45-,46-,49+,50+,57-/m1/s1. The lowest BCUT2D eigenvalue weighted by atomic mass is 9.87. The van der Waals surface area contributed by atoms with E-state index >= 15 is 0 Å². The first kappa shape index (κ1) is 55.4. The molecule has 388 valence electrons. The molecule has 15 heteroatoms. The third-order valence-electron chi connectivity index (χ3n) is 13.9. The van der Waals surface area contributed by atoms with E-state index in [0.717, 1.165) is 27.8 Å². The van der Waals surface area contributed by atoms with Crippen LogP contribution in [0.25, 0.3) is 0 Å². The molecule has 2 amide bonds. The van der Waals surface area contributed by atoms with Gasteiger partial charge in [-0.05, 0) is 99.1 Å². The Morgan fingerprint density at radius 2 is 1.36 bits per heavy atom. The Morgan fingerprint density at radius 3 is 1.94 bits per heavy atom. The number of quaternary nitrogens is 1. The van der Waals surface area contributed by atoms with Gasteiger partial charge in [-0.3, -0.25) is 33.4 Å². The lowest BCUT2D eigenvalue weighted by Gasteiger charge is -2.41. The summed E-state index contributed by atoms with van der Waals surface area (Å²) in [5, 5.41) is 14.1. The molecule has 6 rings (SSSR count). The van der Waals surface area contributed by atoms with E-state index < -0.39 is 35.4 Å². The predicted octanol–water partition coefficient (Wildman–Crippen LogP) is 6.76. The number of hydrogen-bond donors (Lipinski definition) is 2. The Balaban J connectivity index is 1.18. The van der Waals surface area contributed by atoms with Gasteiger partial charge in [0.05, 0.1) is 44.0 Å². The van der Waals surface area contributed by atoms with Crippen LogP contribution in [-0.2, 0) is 71.1 Å². The van der Waals surface area contributed by atoms with Gasteiger partial charge >= 0.3 is 5.97 Å². The van der Waals surface area contributed by atoms with Gasteiger partial charge in [0.2, 0.25) is 11.8 Å². The van der Waals surface area contributed by atoms with Gasteiger partial charge in [0.15, 0.2) is 17.3 Å². The minimum absolute atomic E-state index is 0.0173. The number of aromatic nitrogens is 3. The summed E-state index contributed by atoms with van der Waals surface area (Å²) >= 11 is 0. The van der Waals surface area contributed by atoms with Crippen molar-refractivity contribution in [3.63, 3.8) is 0 Å². The molecule has 3 aromatic carbocycles. The highest BCUT2D eigenvalue weighted by atomic mass is 16.6. The fourth-order valence-electron chi connectivity index (χ4n) is 9.90. The van der Waals surface area contributed by atoms with Crippen molar-refractivity contribution in [3.05, 3.63) is 113 Å². The molecule has 2 aliphatic heterocycles.